The SMILES string of the molecule is C=CCn1c(C)nnc1S[C@H](C(=O)c1ccc(C)cc1)c1ccc(C)cc1. The molecule has 0 aliphatic heterocycles. The highest BCUT2D eigenvalue weighted by molar-refractivity contribution is 8.00. The highest BCUT2D eigenvalue weighted by Gasteiger charge is 2.26. The average molecular weight is 378 g/mol. The van der Waals surface area contributed by atoms with E-state index in [0.717, 1.165) is 27.7 Å². The predicted octanol–water partition coefficient (Wildman–Crippen LogP) is 5.11. The molecule has 0 radical (unpaired) electrons. The van der Waals surface area contributed by atoms with Gasteiger partial charge in [0.2, 0.25) is 0 Å². The molecule has 0 saturated carbocycles. The Morgan fingerprint density at radius 2 is 1.63 bits per heavy atom. The van der Waals surface area contributed by atoms with Gasteiger partial charge in [0.25, 0.3) is 0 Å². The van der Waals surface area contributed by atoms with Crippen LogP contribution in [0.3, 0.4) is 0 Å². The van der Waals surface area contributed by atoms with E-state index in [1.54, 1.807) is 0 Å². The first-order valence-corrected chi connectivity index (χ1v) is 9.72. The largest absolute Gasteiger partial charge is 0.302 e. The standard InChI is InChI=1S/C22H23N3OS/c1-5-14-25-17(4)23-24-22(25)27-21(19-12-8-16(3)9-13-19)20(26)18-10-6-15(2)7-11-18/h5-13,21H,1,14H2,2-4H3/t21-/m0/s1. The van der Waals surface area contributed by atoms with Crippen LogP contribution in [0.4, 0.5) is 0 Å². The van der Waals surface area contributed by atoms with Crippen molar-refractivity contribution >= 4 is 17.5 Å². The lowest BCUT2D eigenvalue weighted by atomic mass is 10.0. The van der Waals surface area contributed by atoms with Crippen LogP contribution in [0.15, 0.2) is 66.3 Å². The van der Waals surface area contributed by atoms with Gasteiger partial charge < -0.3 is 4.57 Å². The Bertz CT molecular complexity index is 943. The van der Waals surface area contributed by atoms with Crippen molar-refractivity contribution in [1.82, 2.24) is 14.8 Å². The number of ketones is 1. The van der Waals surface area contributed by atoms with Crippen molar-refractivity contribution in [2.75, 3.05) is 0 Å². The van der Waals surface area contributed by atoms with Crippen LogP contribution in [-0.4, -0.2) is 20.5 Å². The molecular formula is C22H23N3OS. The Kier molecular flexibility index (Phi) is 5.91. The summed E-state index contributed by atoms with van der Waals surface area (Å²) in [4.78, 5) is 13.3. The number of carbonyl (C=O) groups excluding carboxylic acids is 1. The molecule has 0 aliphatic rings. The fourth-order valence-electron chi connectivity index (χ4n) is 2.78. The second-order valence-corrected chi connectivity index (χ2v) is 7.64. The van der Waals surface area contributed by atoms with Gasteiger partial charge in [-0.2, -0.15) is 0 Å². The molecule has 4 nitrogen and oxygen atoms in total. The minimum atomic E-state index is -0.388. The van der Waals surface area contributed by atoms with Crippen LogP contribution in [0.5, 0.6) is 0 Å². The highest BCUT2D eigenvalue weighted by Crippen LogP contribution is 2.37. The number of carbonyl (C=O) groups is 1. The van der Waals surface area contributed by atoms with Crippen molar-refractivity contribution < 1.29 is 4.79 Å². The van der Waals surface area contributed by atoms with E-state index in [9.17, 15) is 4.79 Å². The van der Waals surface area contributed by atoms with Crippen molar-refractivity contribution in [3.63, 3.8) is 0 Å². The summed E-state index contributed by atoms with van der Waals surface area (Å²) in [5.74, 6) is 0.873. The maximum absolute atomic E-state index is 13.3. The molecule has 27 heavy (non-hydrogen) atoms. The van der Waals surface area contributed by atoms with Gasteiger partial charge in [0.1, 0.15) is 11.1 Å². The molecule has 1 aromatic heterocycles. The average Bonchev–Trinajstić information content (AvgIpc) is 3.01. The van der Waals surface area contributed by atoms with Crippen LogP contribution in [0.2, 0.25) is 0 Å². The molecule has 0 bridgehead atoms. The molecule has 0 spiro atoms. The van der Waals surface area contributed by atoms with Gasteiger partial charge in [0.15, 0.2) is 10.9 Å². The smallest absolute Gasteiger partial charge is 0.192 e. The van der Waals surface area contributed by atoms with Crippen LogP contribution in [0.1, 0.15) is 38.1 Å². The summed E-state index contributed by atoms with van der Waals surface area (Å²) in [6, 6.07) is 15.8. The van der Waals surface area contributed by atoms with E-state index < -0.39 is 0 Å². The summed E-state index contributed by atoms with van der Waals surface area (Å²) in [5.41, 5.74) is 3.95. The van der Waals surface area contributed by atoms with Crippen LogP contribution >= 0.6 is 11.8 Å². The summed E-state index contributed by atoms with van der Waals surface area (Å²) < 4.78 is 1.97. The third kappa shape index (κ3) is 4.37. The van der Waals surface area contributed by atoms with Crippen molar-refractivity contribution in [1.29, 1.82) is 0 Å². The summed E-state index contributed by atoms with van der Waals surface area (Å²) in [6.45, 7) is 10.4. The van der Waals surface area contributed by atoms with Gasteiger partial charge in [0, 0.05) is 12.1 Å². The zero-order valence-corrected chi connectivity index (χ0v) is 16.7. The normalized spacial score (nSPS) is 12.0. The number of rotatable bonds is 7. The lowest BCUT2D eigenvalue weighted by Crippen LogP contribution is -2.12. The highest BCUT2D eigenvalue weighted by atomic mass is 32.2. The third-order valence-corrected chi connectivity index (χ3v) is 5.63. The fourth-order valence-corrected chi connectivity index (χ4v) is 3.95. The van der Waals surface area contributed by atoms with Crippen LogP contribution in [-0.2, 0) is 6.54 Å². The molecule has 3 aromatic rings. The molecule has 0 amide bonds. The van der Waals surface area contributed by atoms with Crippen LogP contribution < -0.4 is 0 Å². The zero-order chi connectivity index (χ0) is 19.4. The van der Waals surface area contributed by atoms with Crippen molar-refractivity contribution in [3.05, 3.63) is 89.3 Å². The van der Waals surface area contributed by atoms with Gasteiger partial charge in [0.05, 0.1) is 0 Å². The number of aromatic nitrogens is 3. The van der Waals surface area contributed by atoms with Gasteiger partial charge in [-0.25, -0.2) is 0 Å². The quantitative estimate of drug-likeness (QED) is 0.326. The predicted molar refractivity (Wildman–Crippen MR) is 110 cm³/mol. The number of aryl methyl sites for hydroxylation is 3. The first kappa shape index (κ1) is 19.1. The lowest BCUT2D eigenvalue weighted by Gasteiger charge is -2.17. The monoisotopic (exact) mass is 377 g/mol. The molecule has 0 unspecified atom stereocenters. The number of benzene rings is 2. The molecule has 0 fully saturated rings. The number of hydrogen-bond acceptors (Lipinski definition) is 4. The number of thioether (sulfide) groups is 1. The van der Waals surface area contributed by atoms with Gasteiger partial charge in [-0.3, -0.25) is 4.79 Å². The Morgan fingerprint density at radius 1 is 1.04 bits per heavy atom. The molecule has 2 aromatic carbocycles. The van der Waals surface area contributed by atoms with Gasteiger partial charge in [-0.05, 0) is 26.3 Å². The third-order valence-electron chi connectivity index (χ3n) is 4.39. The molecule has 138 valence electrons. The van der Waals surface area contributed by atoms with E-state index in [1.807, 2.05) is 79.9 Å². The molecule has 5 heteroatoms. The Hall–Kier alpha value is -2.66. The molecule has 0 N–H and O–H groups in total. The van der Waals surface area contributed by atoms with Crippen LogP contribution in [0.25, 0.3) is 0 Å². The second kappa shape index (κ2) is 8.35. The van der Waals surface area contributed by atoms with E-state index in [-0.39, 0.29) is 11.0 Å². The van der Waals surface area contributed by atoms with Crippen LogP contribution in [0, 0.1) is 20.8 Å². The maximum atomic E-state index is 13.3. The second-order valence-electron chi connectivity index (χ2n) is 6.57. The van der Waals surface area contributed by atoms with E-state index in [2.05, 4.69) is 16.8 Å². The summed E-state index contributed by atoms with van der Waals surface area (Å²) in [6.07, 6.45) is 1.81. The summed E-state index contributed by atoms with van der Waals surface area (Å²) >= 11 is 1.43. The Morgan fingerprint density at radius 3 is 2.22 bits per heavy atom. The van der Waals surface area contributed by atoms with Gasteiger partial charge >= 0.3 is 0 Å². The topological polar surface area (TPSA) is 47.8 Å². The molecule has 1 atom stereocenters. The van der Waals surface area contributed by atoms with Crippen molar-refractivity contribution in [2.24, 2.45) is 0 Å². The van der Waals surface area contributed by atoms with E-state index >= 15 is 0 Å². The zero-order valence-electron chi connectivity index (χ0n) is 15.8. The van der Waals surface area contributed by atoms with E-state index in [4.69, 9.17) is 0 Å². The van der Waals surface area contributed by atoms with Crippen molar-refractivity contribution in [2.45, 2.75) is 37.7 Å². The Balaban J connectivity index is 2.00. The van der Waals surface area contributed by atoms with Gasteiger partial charge in [-0.15, -0.1) is 16.8 Å². The molecule has 1 heterocycles. The summed E-state index contributed by atoms with van der Waals surface area (Å²) in [7, 11) is 0. The van der Waals surface area contributed by atoms with Crippen molar-refractivity contribution in [3.8, 4) is 0 Å². The first-order chi connectivity index (χ1) is 13.0. The number of Topliss-reactive ketones (excluding diaryl/α,β-unsaturated/α-hetero) is 1. The summed E-state index contributed by atoms with van der Waals surface area (Å²) in [5, 5.41) is 8.79. The Labute approximate surface area is 164 Å². The van der Waals surface area contributed by atoms with E-state index in [0.29, 0.717) is 12.1 Å². The fraction of sp³-hybridized carbons (Fsp3) is 0.227. The molecule has 0 aliphatic carbocycles. The lowest BCUT2D eigenvalue weighted by molar-refractivity contribution is 0.0989. The van der Waals surface area contributed by atoms with Gasteiger partial charge in [-0.1, -0.05) is 77.5 Å². The molecule has 0 saturated heterocycles. The van der Waals surface area contributed by atoms with E-state index in [1.165, 1.54) is 11.8 Å². The minimum absolute atomic E-state index is 0.0645. The maximum Gasteiger partial charge on any atom is 0.192 e. The number of allylic oxidation sites excluding steroid dienone is 1. The first-order valence-electron chi connectivity index (χ1n) is 8.84. The number of hydrogen-bond donors (Lipinski definition) is 0. The minimum Gasteiger partial charge on any atom is -0.302 e. The number of nitrogens with zero attached hydrogens (tertiary/aromatic N) is 3. The molecule has 3 rings (SSSR count). The molecular weight excluding hydrogens is 354 g/mol.